The molecule has 7 heteroatoms. The molecule has 1 N–H and O–H groups in total. The van der Waals surface area contributed by atoms with E-state index in [1.54, 1.807) is 0 Å². The van der Waals surface area contributed by atoms with Crippen LogP contribution in [-0.4, -0.2) is 46.6 Å². The molecule has 1 aliphatic heterocycles. The first-order chi connectivity index (χ1) is 9.69. The van der Waals surface area contributed by atoms with Crippen molar-refractivity contribution in [3.8, 4) is 0 Å². The summed E-state index contributed by atoms with van der Waals surface area (Å²) in [6.07, 6.45) is 0.259. The van der Waals surface area contributed by atoms with Crippen LogP contribution in [-0.2, 0) is 0 Å². The van der Waals surface area contributed by atoms with Crippen LogP contribution in [0.25, 0.3) is 0 Å². The Hall–Kier alpha value is -1.63. The summed E-state index contributed by atoms with van der Waals surface area (Å²) in [5.41, 5.74) is -1.00. The Morgan fingerprint density at radius 2 is 1.86 bits per heavy atom. The molecule has 116 valence electrons. The van der Waals surface area contributed by atoms with Crippen LogP contribution in [0.15, 0.2) is 12.4 Å². The Labute approximate surface area is 121 Å². The summed E-state index contributed by atoms with van der Waals surface area (Å²) in [6.45, 7) is 5.53. The van der Waals surface area contributed by atoms with Crippen LogP contribution < -0.4 is 5.32 Å². The number of carbonyl (C=O) groups excluding carboxylic acids is 1. The van der Waals surface area contributed by atoms with Gasteiger partial charge in [-0.2, -0.15) is 0 Å². The van der Waals surface area contributed by atoms with Gasteiger partial charge in [0.05, 0.1) is 25.0 Å². The lowest BCUT2D eigenvalue weighted by atomic mass is 10.1. The molecule has 1 saturated heterocycles. The molecule has 1 aromatic rings. The van der Waals surface area contributed by atoms with Crippen molar-refractivity contribution < 1.29 is 18.0 Å². The van der Waals surface area contributed by atoms with E-state index in [1.165, 1.54) is 0 Å². The summed E-state index contributed by atoms with van der Waals surface area (Å²) >= 11 is 0. The number of nitrogens with zero attached hydrogens (tertiary/aromatic N) is 2. The minimum atomic E-state index is -1.28. The molecule has 21 heavy (non-hydrogen) atoms. The minimum Gasteiger partial charge on any atom is -0.334 e. The second-order valence-electron chi connectivity index (χ2n) is 6.21. The highest BCUT2D eigenvalue weighted by atomic mass is 19.1. The molecule has 0 saturated carbocycles. The molecule has 1 aromatic heterocycles. The third-order valence-corrected chi connectivity index (χ3v) is 3.22. The average molecular weight is 301 g/mol. The molecule has 0 radical (unpaired) electrons. The molecule has 0 spiro atoms. The smallest absolute Gasteiger partial charge is 0.260 e. The maximum absolute atomic E-state index is 14.0. The van der Waals surface area contributed by atoms with Crippen LogP contribution >= 0.6 is 0 Å². The maximum atomic E-state index is 14.0. The Bertz CT molecular complexity index is 525. The van der Waals surface area contributed by atoms with E-state index in [9.17, 15) is 18.0 Å². The van der Waals surface area contributed by atoms with Crippen LogP contribution in [0.5, 0.6) is 0 Å². The van der Waals surface area contributed by atoms with Gasteiger partial charge in [0.2, 0.25) is 0 Å². The number of aromatic nitrogens is 1. The summed E-state index contributed by atoms with van der Waals surface area (Å²) in [7, 11) is 0. The van der Waals surface area contributed by atoms with Crippen molar-refractivity contribution in [3.63, 3.8) is 0 Å². The van der Waals surface area contributed by atoms with Gasteiger partial charge in [-0.05, 0) is 20.8 Å². The van der Waals surface area contributed by atoms with Gasteiger partial charge in [-0.3, -0.25) is 9.78 Å². The van der Waals surface area contributed by atoms with Crippen LogP contribution in [0.4, 0.5) is 13.2 Å². The highest BCUT2D eigenvalue weighted by Crippen LogP contribution is 2.21. The largest absolute Gasteiger partial charge is 0.334 e. The first kappa shape index (κ1) is 15.8. The molecule has 0 unspecified atom stereocenters. The molecule has 1 amide bonds. The molecule has 2 atom stereocenters. The number of pyridine rings is 1. The van der Waals surface area contributed by atoms with Gasteiger partial charge in [-0.1, -0.05) is 0 Å². The van der Waals surface area contributed by atoms with Gasteiger partial charge in [0.25, 0.3) is 5.91 Å². The van der Waals surface area contributed by atoms with Crippen molar-refractivity contribution >= 4 is 5.91 Å². The number of alkyl halides is 1. The number of hydrogen-bond donors (Lipinski definition) is 1. The molecule has 0 aromatic carbocycles. The zero-order chi connectivity index (χ0) is 15.8. The van der Waals surface area contributed by atoms with Crippen molar-refractivity contribution in [2.75, 3.05) is 13.1 Å². The van der Waals surface area contributed by atoms with Crippen LogP contribution in [0.2, 0.25) is 0 Å². The summed E-state index contributed by atoms with van der Waals surface area (Å²) in [5, 5.41) is 3.06. The topological polar surface area (TPSA) is 45.2 Å². The number of hydrogen-bond acceptors (Lipinski definition) is 3. The van der Waals surface area contributed by atoms with Gasteiger partial charge >= 0.3 is 0 Å². The molecule has 4 nitrogen and oxygen atoms in total. The van der Waals surface area contributed by atoms with Gasteiger partial charge in [-0.25, -0.2) is 13.2 Å². The van der Waals surface area contributed by atoms with Crippen LogP contribution in [0.3, 0.4) is 0 Å². The summed E-state index contributed by atoms with van der Waals surface area (Å²) in [6, 6.07) is -0.554. The fourth-order valence-corrected chi connectivity index (χ4v) is 2.40. The lowest BCUT2D eigenvalue weighted by Crippen LogP contribution is -2.48. The molecule has 0 aliphatic carbocycles. The van der Waals surface area contributed by atoms with Gasteiger partial charge in [0.1, 0.15) is 11.7 Å². The number of rotatable bonds is 2. The Balaban J connectivity index is 2.15. The predicted molar refractivity (Wildman–Crippen MR) is 71.6 cm³/mol. The van der Waals surface area contributed by atoms with Crippen LogP contribution in [0.1, 0.15) is 31.1 Å². The molecule has 0 bridgehead atoms. The summed E-state index contributed by atoms with van der Waals surface area (Å²) < 4.78 is 41.1. The third-order valence-electron chi connectivity index (χ3n) is 3.22. The maximum Gasteiger partial charge on any atom is 0.260 e. The zero-order valence-electron chi connectivity index (χ0n) is 12.2. The molecular weight excluding hydrogens is 283 g/mol. The predicted octanol–water partition coefficient (Wildman–Crippen LogP) is 1.91. The fourth-order valence-electron chi connectivity index (χ4n) is 2.40. The molecule has 2 heterocycles. The van der Waals surface area contributed by atoms with E-state index < -0.39 is 35.3 Å². The van der Waals surface area contributed by atoms with Gasteiger partial charge < -0.3 is 10.2 Å². The van der Waals surface area contributed by atoms with E-state index in [1.807, 2.05) is 20.8 Å². The SMILES string of the molecule is CC(C)(C)N[C@@H]1CN(C(=O)c2c(F)cncc2F)C[C@@H]1F. The monoisotopic (exact) mass is 301 g/mol. The van der Waals surface area contributed by atoms with E-state index >= 15 is 0 Å². The van der Waals surface area contributed by atoms with Gasteiger partial charge in [0, 0.05) is 12.1 Å². The fraction of sp³-hybridized carbons (Fsp3) is 0.571. The molecule has 1 fully saturated rings. The molecule has 2 rings (SSSR count). The first-order valence-electron chi connectivity index (χ1n) is 6.69. The standard InChI is InChI=1S/C14H18F3N3O/c1-14(2,3)19-11-7-20(6-10(11)17)13(21)12-8(15)4-18-5-9(12)16/h4-5,10-11,19H,6-7H2,1-3H3/t10-,11+/m0/s1. The van der Waals surface area contributed by atoms with Crippen molar-refractivity contribution in [2.45, 2.75) is 38.5 Å². The van der Waals surface area contributed by atoms with Crippen molar-refractivity contribution in [3.05, 3.63) is 29.6 Å². The van der Waals surface area contributed by atoms with E-state index in [4.69, 9.17) is 0 Å². The lowest BCUT2D eigenvalue weighted by Gasteiger charge is -2.26. The van der Waals surface area contributed by atoms with Gasteiger partial charge in [0.15, 0.2) is 11.6 Å². The van der Waals surface area contributed by atoms with E-state index in [-0.39, 0.29) is 18.6 Å². The number of nitrogens with one attached hydrogen (secondary N) is 1. The summed E-state index contributed by atoms with van der Waals surface area (Å²) in [4.78, 5) is 16.6. The molecular formula is C14H18F3N3O. The highest BCUT2D eigenvalue weighted by Gasteiger charge is 2.38. The number of amides is 1. The van der Waals surface area contributed by atoms with Crippen molar-refractivity contribution in [1.29, 1.82) is 0 Å². The Morgan fingerprint density at radius 1 is 1.29 bits per heavy atom. The van der Waals surface area contributed by atoms with Crippen molar-refractivity contribution in [2.24, 2.45) is 0 Å². The third kappa shape index (κ3) is 3.53. The normalized spacial score (nSPS) is 22.7. The van der Waals surface area contributed by atoms with E-state index in [0.29, 0.717) is 0 Å². The second kappa shape index (κ2) is 5.63. The quantitative estimate of drug-likeness (QED) is 0.907. The lowest BCUT2D eigenvalue weighted by molar-refractivity contribution is 0.0771. The number of carbonyl (C=O) groups is 1. The minimum absolute atomic E-state index is 0.0679. The number of likely N-dealkylation sites (tertiary alicyclic amines) is 1. The van der Waals surface area contributed by atoms with Gasteiger partial charge in [-0.15, -0.1) is 0 Å². The zero-order valence-corrected chi connectivity index (χ0v) is 12.2. The van der Waals surface area contributed by atoms with Crippen LogP contribution in [0, 0.1) is 11.6 Å². The number of halogens is 3. The molecule has 1 aliphatic rings. The summed E-state index contributed by atoms with van der Waals surface area (Å²) in [5.74, 6) is -2.93. The second-order valence-corrected chi connectivity index (χ2v) is 6.21. The Morgan fingerprint density at radius 3 is 2.38 bits per heavy atom. The first-order valence-corrected chi connectivity index (χ1v) is 6.69. The van der Waals surface area contributed by atoms with E-state index in [0.717, 1.165) is 17.3 Å². The Kier molecular flexibility index (Phi) is 4.22. The highest BCUT2D eigenvalue weighted by molar-refractivity contribution is 5.94. The van der Waals surface area contributed by atoms with E-state index in [2.05, 4.69) is 10.3 Å². The average Bonchev–Trinajstić information content (AvgIpc) is 2.68. The van der Waals surface area contributed by atoms with Crippen molar-refractivity contribution in [1.82, 2.24) is 15.2 Å².